The zero-order valence-electron chi connectivity index (χ0n) is 9.55. The maximum atomic E-state index is 11.1. The Bertz CT molecular complexity index is 712. The van der Waals surface area contributed by atoms with Gasteiger partial charge < -0.3 is 9.15 Å². The molecular weight excluding hydrogens is 230 g/mol. The van der Waals surface area contributed by atoms with Gasteiger partial charge in [0.05, 0.1) is 0 Å². The summed E-state index contributed by atoms with van der Waals surface area (Å²) in [6.45, 7) is 0.452. The normalized spacial score (nSPS) is 10.7. The monoisotopic (exact) mass is 241 g/mol. The molecule has 3 aromatic rings. The lowest BCUT2D eigenvalue weighted by Crippen LogP contribution is -1.97. The molecule has 0 aliphatic carbocycles. The lowest BCUT2D eigenvalue weighted by molar-refractivity contribution is 0.309. The van der Waals surface area contributed by atoms with E-state index in [-0.39, 0.29) is 0 Å². The van der Waals surface area contributed by atoms with Gasteiger partial charge in [0, 0.05) is 0 Å². The Balaban J connectivity index is 1.89. The van der Waals surface area contributed by atoms with E-state index < -0.39 is 5.76 Å². The number of aromatic amines is 1. The van der Waals surface area contributed by atoms with Crippen molar-refractivity contribution >= 4 is 11.1 Å². The molecule has 0 unspecified atom stereocenters. The van der Waals surface area contributed by atoms with Crippen molar-refractivity contribution in [1.29, 1.82) is 0 Å². The molecule has 4 nitrogen and oxygen atoms in total. The van der Waals surface area contributed by atoms with E-state index in [1.165, 1.54) is 0 Å². The highest BCUT2D eigenvalue weighted by Gasteiger charge is 2.07. The first-order chi connectivity index (χ1) is 8.83. The summed E-state index contributed by atoms with van der Waals surface area (Å²) in [5.74, 6) is 0.142. The van der Waals surface area contributed by atoms with Gasteiger partial charge in [-0.3, -0.25) is 4.98 Å². The van der Waals surface area contributed by atoms with Crippen molar-refractivity contribution in [3.8, 4) is 5.75 Å². The van der Waals surface area contributed by atoms with Gasteiger partial charge in [-0.25, -0.2) is 4.79 Å². The van der Waals surface area contributed by atoms with Gasteiger partial charge in [0.15, 0.2) is 5.58 Å². The number of para-hydroxylation sites is 1. The van der Waals surface area contributed by atoms with E-state index >= 15 is 0 Å². The van der Waals surface area contributed by atoms with Gasteiger partial charge in [0.2, 0.25) is 0 Å². The molecule has 0 radical (unpaired) electrons. The minimum atomic E-state index is -0.472. The van der Waals surface area contributed by atoms with Crippen LogP contribution in [-0.4, -0.2) is 4.98 Å². The second-order valence-electron chi connectivity index (χ2n) is 3.92. The van der Waals surface area contributed by atoms with Crippen LogP contribution in [0.25, 0.3) is 11.1 Å². The van der Waals surface area contributed by atoms with Gasteiger partial charge in [-0.05, 0) is 17.7 Å². The minimum Gasteiger partial charge on any atom is -0.487 e. The second kappa shape index (κ2) is 4.41. The van der Waals surface area contributed by atoms with Crippen molar-refractivity contribution in [3.63, 3.8) is 0 Å². The quantitative estimate of drug-likeness (QED) is 0.767. The summed E-state index contributed by atoms with van der Waals surface area (Å²) in [6, 6.07) is 15.2. The highest BCUT2D eigenvalue weighted by atomic mass is 16.5. The summed E-state index contributed by atoms with van der Waals surface area (Å²) >= 11 is 0. The summed E-state index contributed by atoms with van der Waals surface area (Å²) in [5.41, 5.74) is 2.17. The number of benzene rings is 2. The van der Waals surface area contributed by atoms with E-state index in [0.29, 0.717) is 23.5 Å². The Morgan fingerprint density at radius 1 is 1.06 bits per heavy atom. The minimum absolute atomic E-state index is 0.452. The zero-order chi connectivity index (χ0) is 12.4. The maximum absolute atomic E-state index is 11.1. The summed E-state index contributed by atoms with van der Waals surface area (Å²) < 4.78 is 10.7. The summed E-state index contributed by atoms with van der Waals surface area (Å²) in [6.07, 6.45) is 0. The van der Waals surface area contributed by atoms with Crippen LogP contribution < -0.4 is 10.5 Å². The number of ether oxygens (including phenoxy) is 1. The molecule has 0 aliphatic heterocycles. The predicted octanol–water partition coefficient (Wildman–Crippen LogP) is 2.70. The SMILES string of the molecule is O=c1[nH]c2c(OCc3ccccc3)cccc2o1. The van der Waals surface area contributed by atoms with Crippen molar-refractivity contribution in [2.75, 3.05) is 0 Å². The van der Waals surface area contributed by atoms with Gasteiger partial charge in [0.25, 0.3) is 0 Å². The molecule has 0 saturated carbocycles. The van der Waals surface area contributed by atoms with Crippen molar-refractivity contribution < 1.29 is 9.15 Å². The van der Waals surface area contributed by atoms with Crippen LogP contribution in [0.3, 0.4) is 0 Å². The Hall–Kier alpha value is -2.49. The van der Waals surface area contributed by atoms with Gasteiger partial charge in [-0.1, -0.05) is 36.4 Å². The van der Waals surface area contributed by atoms with Crippen LogP contribution in [0.2, 0.25) is 0 Å². The number of hydrogen-bond donors (Lipinski definition) is 1. The van der Waals surface area contributed by atoms with Crippen molar-refractivity contribution in [3.05, 3.63) is 64.6 Å². The number of hydrogen-bond acceptors (Lipinski definition) is 3. The van der Waals surface area contributed by atoms with E-state index in [2.05, 4.69) is 4.98 Å². The number of fused-ring (bicyclic) bond motifs is 1. The van der Waals surface area contributed by atoms with Crippen LogP contribution in [0.4, 0.5) is 0 Å². The molecular formula is C14H11NO3. The lowest BCUT2D eigenvalue weighted by Gasteiger charge is -2.06. The number of nitrogens with one attached hydrogen (secondary N) is 1. The molecule has 1 N–H and O–H groups in total. The fourth-order valence-corrected chi connectivity index (χ4v) is 1.80. The second-order valence-corrected chi connectivity index (χ2v) is 3.92. The first-order valence-electron chi connectivity index (χ1n) is 5.61. The Labute approximate surface area is 103 Å². The molecule has 0 fully saturated rings. The van der Waals surface area contributed by atoms with E-state index in [0.717, 1.165) is 5.56 Å². The van der Waals surface area contributed by atoms with Gasteiger partial charge in [-0.15, -0.1) is 0 Å². The molecule has 0 spiro atoms. The molecule has 2 aromatic carbocycles. The van der Waals surface area contributed by atoms with Gasteiger partial charge >= 0.3 is 5.76 Å². The highest BCUT2D eigenvalue weighted by Crippen LogP contribution is 2.23. The van der Waals surface area contributed by atoms with E-state index in [1.807, 2.05) is 30.3 Å². The zero-order valence-corrected chi connectivity index (χ0v) is 9.55. The lowest BCUT2D eigenvalue weighted by atomic mass is 10.2. The topological polar surface area (TPSA) is 55.2 Å². The third-order valence-corrected chi connectivity index (χ3v) is 2.65. The molecule has 90 valence electrons. The Morgan fingerprint density at radius 3 is 2.72 bits per heavy atom. The summed E-state index contributed by atoms with van der Waals surface area (Å²) in [7, 11) is 0. The standard InChI is InChI=1S/C14H11NO3/c16-14-15-13-11(7-4-8-12(13)18-14)17-9-10-5-2-1-3-6-10/h1-8H,9H2,(H,15,16). The van der Waals surface area contributed by atoms with Crippen LogP contribution in [0.5, 0.6) is 5.75 Å². The molecule has 0 saturated heterocycles. The van der Waals surface area contributed by atoms with Gasteiger partial charge in [-0.2, -0.15) is 0 Å². The largest absolute Gasteiger partial charge is 0.487 e. The molecule has 0 amide bonds. The Kier molecular flexibility index (Phi) is 2.61. The molecule has 18 heavy (non-hydrogen) atoms. The fraction of sp³-hybridized carbons (Fsp3) is 0.0714. The van der Waals surface area contributed by atoms with Gasteiger partial charge in [0.1, 0.15) is 17.9 Å². The first-order valence-corrected chi connectivity index (χ1v) is 5.61. The number of rotatable bonds is 3. The highest BCUT2D eigenvalue weighted by molar-refractivity contribution is 5.79. The smallest absolute Gasteiger partial charge is 0.417 e. The molecule has 4 heteroatoms. The number of aromatic nitrogens is 1. The summed E-state index contributed by atoms with van der Waals surface area (Å²) in [4.78, 5) is 13.8. The predicted molar refractivity (Wildman–Crippen MR) is 67.6 cm³/mol. The van der Waals surface area contributed by atoms with Crippen molar-refractivity contribution in [2.24, 2.45) is 0 Å². The van der Waals surface area contributed by atoms with Crippen LogP contribution >= 0.6 is 0 Å². The van der Waals surface area contributed by atoms with Crippen molar-refractivity contribution in [2.45, 2.75) is 6.61 Å². The van der Waals surface area contributed by atoms with E-state index in [4.69, 9.17) is 9.15 Å². The van der Waals surface area contributed by atoms with Crippen LogP contribution in [0, 0.1) is 0 Å². The average molecular weight is 241 g/mol. The molecule has 0 aliphatic rings. The molecule has 0 bridgehead atoms. The number of H-pyrrole nitrogens is 1. The van der Waals surface area contributed by atoms with Crippen LogP contribution in [0.1, 0.15) is 5.56 Å². The van der Waals surface area contributed by atoms with Crippen LogP contribution in [0.15, 0.2) is 57.7 Å². The molecule has 3 rings (SSSR count). The van der Waals surface area contributed by atoms with Crippen LogP contribution in [-0.2, 0) is 6.61 Å². The first kappa shape index (κ1) is 10.7. The van der Waals surface area contributed by atoms with Crippen molar-refractivity contribution in [1.82, 2.24) is 4.98 Å². The Morgan fingerprint density at radius 2 is 1.89 bits per heavy atom. The summed E-state index contributed by atoms with van der Waals surface area (Å²) in [5, 5.41) is 0. The maximum Gasteiger partial charge on any atom is 0.417 e. The average Bonchev–Trinajstić information content (AvgIpc) is 2.78. The molecule has 0 atom stereocenters. The third kappa shape index (κ3) is 2.00. The molecule has 1 heterocycles. The van der Waals surface area contributed by atoms with E-state index in [1.54, 1.807) is 18.2 Å². The fourth-order valence-electron chi connectivity index (χ4n) is 1.80. The number of oxazole rings is 1. The van der Waals surface area contributed by atoms with E-state index in [9.17, 15) is 4.79 Å². The third-order valence-electron chi connectivity index (χ3n) is 2.65. The molecule has 1 aromatic heterocycles.